The van der Waals surface area contributed by atoms with Crippen molar-refractivity contribution in [1.29, 1.82) is 0 Å². The maximum absolute atomic E-state index is 13.8. The van der Waals surface area contributed by atoms with Crippen molar-refractivity contribution in [3.63, 3.8) is 0 Å². The Morgan fingerprint density at radius 3 is 2.10 bits per heavy atom. The van der Waals surface area contributed by atoms with Crippen LogP contribution in [0.4, 0.5) is 0 Å². The molecule has 1 atom stereocenters. The molecule has 0 N–H and O–H groups in total. The smallest absolute Gasteiger partial charge is 0.339 e. The molecule has 1 aliphatic carbocycles. The highest BCUT2D eigenvalue weighted by molar-refractivity contribution is 6.04. The molecule has 1 aromatic carbocycles. The Balaban J connectivity index is 1.49. The second-order valence-electron chi connectivity index (χ2n) is 11.7. The maximum atomic E-state index is 13.8. The van der Waals surface area contributed by atoms with Crippen molar-refractivity contribution in [1.82, 2.24) is 9.97 Å². The van der Waals surface area contributed by atoms with Gasteiger partial charge in [0, 0.05) is 12.0 Å². The Kier molecular flexibility index (Phi) is 10.5. The number of esters is 2. The van der Waals surface area contributed by atoms with Crippen molar-refractivity contribution >= 4 is 17.7 Å². The molecule has 2 aromatic rings. The number of hydrogen-bond donors (Lipinski definition) is 0. The van der Waals surface area contributed by atoms with E-state index < -0.39 is 17.7 Å². The number of nitrogens with zero attached hydrogens (tertiary/aromatic N) is 2. The topological polar surface area (TPSA) is 95.5 Å². The zero-order chi connectivity index (χ0) is 28.5. The number of carbonyl (C=O) groups is 3. The van der Waals surface area contributed by atoms with Gasteiger partial charge in [0.05, 0.1) is 23.4 Å². The number of cyclic esters (lactones) is 1. The summed E-state index contributed by atoms with van der Waals surface area (Å²) in [6.45, 7) is 5.61. The number of ketones is 1. The monoisotopic (exact) mass is 548 g/mol. The number of fused-ring (bicyclic) bond motifs is 4. The van der Waals surface area contributed by atoms with E-state index in [9.17, 15) is 14.4 Å². The molecule has 0 radical (unpaired) electrons. The molecule has 216 valence electrons. The molecule has 2 heterocycles. The Bertz CT molecular complexity index is 1210. The van der Waals surface area contributed by atoms with Gasteiger partial charge in [-0.15, -0.1) is 0 Å². The highest BCUT2D eigenvalue weighted by Crippen LogP contribution is 2.34. The molecule has 1 unspecified atom stereocenters. The minimum Gasteiger partial charge on any atom is -0.458 e. The quantitative estimate of drug-likeness (QED) is 0.214. The molecule has 7 heteroatoms. The van der Waals surface area contributed by atoms with Gasteiger partial charge in [0.2, 0.25) is 0 Å². The van der Waals surface area contributed by atoms with Crippen LogP contribution in [0.25, 0.3) is 11.3 Å². The average Bonchev–Trinajstić information content (AvgIpc) is 2.94. The second kappa shape index (κ2) is 14.0. The summed E-state index contributed by atoms with van der Waals surface area (Å²) in [6.07, 6.45) is 13.2. The zero-order valence-electron chi connectivity index (χ0n) is 24.4. The van der Waals surface area contributed by atoms with Gasteiger partial charge in [-0.1, -0.05) is 76.5 Å². The van der Waals surface area contributed by atoms with E-state index in [0.717, 1.165) is 56.3 Å². The van der Waals surface area contributed by atoms with Gasteiger partial charge in [-0.25, -0.2) is 14.8 Å². The number of unbranched alkanes of at least 4 members (excludes halogenated alkanes) is 8. The summed E-state index contributed by atoms with van der Waals surface area (Å²) in [5, 5.41) is 0. The van der Waals surface area contributed by atoms with Crippen LogP contribution in [0.1, 0.15) is 136 Å². The van der Waals surface area contributed by atoms with Crippen molar-refractivity contribution in [2.75, 3.05) is 0 Å². The number of hydrogen-bond acceptors (Lipinski definition) is 7. The average molecular weight is 549 g/mol. The summed E-state index contributed by atoms with van der Waals surface area (Å²) in [4.78, 5) is 49.7. The number of aryl methyl sites for hydroxylation is 2. The lowest BCUT2D eigenvalue weighted by atomic mass is 9.91. The molecule has 40 heavy (non-hydrogen) atoms. The normalized spacial score (nSPS) is 18.2. The Morgan fingerprint density at radius 1 is 0.875 bits per heavy atom. The van der Waals surface area contributed by atoms with E-state index in [4.69, 9.17) is 19.4 Å². The minimum absolute atomic E-state index is 0.133. The summed E-state index contributed by atoms with van der Waals surface area (Å²) in [6, 6.07) is 7.03. The van der Waals surface area contributed by atoms with Crippen LogP contribution in [0.2, 0.25) is 0 Å². The van der Waals surface area contributed by atoms with E-state index in [1.165, 1.54) is 38.5 Å². The predicted octanol–water partition coefficient (Wildman–Crippen LogP) is 7.38. The summed E-state index contributed by atoms with van der Waals surface area (Å²) < 4.78 is 11.8. The van der Waals surface area contributed by atoms with Gasteiger partial charge in [0.15, 0.2) is 5.78 Å². The number of aromatic nitrogens is 2. The van der Waals surface area contributed by atoms with Gasteiger partial charge in [-0.05, 0) is 52.0 Å². The largest absolute Gasteiger partial charge is 0.458 e. The van der Waals surface area contributed by atoms with Crippen molar-refractivity contribution in [3.05, 3.63) is 46.9 Å². The standard InChI is InChI=1S/C33H44N2O5/c1-4-5-6-7-8-9-10-11-12-21-29(37)39-28-22-27(36)31-30(34-25-19-15-16-20-26(25)35-31)23-17-13-14-18-24(23)32(38)40-33(28,2)3/h13-14,17-18,28H,4-12,15-16,19-22H2,1-3H3. The Labute approximate surface area is 238 Å². The second-order valence-corrected chi connectivity index (χ2v) is 11.7. The number of benzene rings is 1. The molecule has 0 amide bonds. The summed E-state index contributed by atoms with van der Waals surface area (Å²) >= 11 is 0. The van der Waals surface area contributed by atoms with Gasteiger partial charge in [-0.2, -0.15) is 0 Å². The first-order valence-corrected chi connectivity index (χ1v) is 15.3. The fourth-order valence-electron chi connectivity index (χ4n) is 5.59. The van der Waals surface area contributed by atoms with Crippen LogP contribution < -0.4 is 0 Å². The highest BCUT2D eigenvalue weighted by atomic mass is 16.6. The van der Waals surface area contributed by atoms with Crippen molar-refractivity contribution < 1.29 is 23.9 Å². The third-order valence-electron chi connectivity index (χ3n) is 8.05. The molecule has 0 fully saturated rings. The molecule has 4 rings (SSSR count). The lowest BCUT2D eigenvalue weighted by molar-refractivity contribution is -0.162. The van der Waals surface area contributed by atoms with E-state index in [0.29, 0.717) is 16.8 Å². The van der Waals surface area contributed by atoms with E-state index in [2.05, 4.69) is 6.92 Å². The van der Waals surface area contributed by atoms with Crippen LogP contribution in [0.5, 0.6) is 0 Å². The van der Waals surface area contributed by atoms with Gasteiger partial charge in [-0.3, -0.25) is 9.59 Å². The van der Waals surface area contributed by atoms with Gasteiger partial charge < -0.3 is 9.47 Å². The molecule has 2 aliphatic rings. The highest BCUT2D eigenvalue weighted by Gasteiger charge is 2.41. The molecular weight excluding hydrogens is 504 g/mol. The van der Waals surface area contributed by atoms with Gasteiger partial charge >= 0.3 is 11.9 Å². The fraction of sp³-hybridized carbons (Fsp3) is 0.606. The molecule has 1 aliphatic heterocycles. The van der Waals surface area contributed by atoms with Crippen LogP contribution >= 0.6 is 0 Å². The first kappa shape index (κ1) is 29.9. The fourth-order valence-corrected chi connectivity index (χ4v) is 5.59. The van der Waals surface area contributed by atoms with Gasteiger partial charge in [0.1, 0.15) is 23.1 Å². The lowest BCUT2D eigenvalue weighted by Crippen LogP contribution is -2.45. The molecule has 0 saturated carbocycles. The van der Waals surface area contributed by atoms with E-state index in [1.807, 2.05) is 6.07 Å². The number of carbonyl (C=O) groups excluding carboxylic acids is 3. The third-order valence-corrected chi connectivity index (χ3v) is 8.05. The van der Waals surface area contributed by atoms with Crippen LogP contribution in [0, 0.1) is 0 Å². The van der Waals surface area contributed by atoms with Crippen molar-refractivity contribution in [3.8, 4) is 11.3 Å². The van der Waals surface area contributed by atoms with Crippen LogP contribution in [-0.4, -0.2) is 39.4 Å². The molecule has 7 nitrogen and oxygen atoms in total. The molecule has 0 bridgehead atoms. The zero-order valence-corrected chi connectivity index (χ0v) is 24.4. The van der Waals surface area contributed by atoms with E-state index in [-0.39, 0.29) is 30.3 Å². The third kappa shape index (κ3) is 7.55. The van der Waals surface area contributed by atoms with Gasteiger partial charge in [0.25, 0.3) is 0 Å². The van der Waals surface area contributed by atoms with Crippen LogP contribution in [-0.2, 0) is 27.1 Å². The number of rotatable bonds is 11. The first-order valence-electron chi connectivity index (χ1n) is 15.3. The number of ether oxygens (including phenoxy) is 2. The van der Waals surface area contributed by atoms with E-state index >= 15 is 0 Å². The molecule has 0 spiro atoms. The minimum atomic E-state index is -1.22. The first-order chi connectivity index (χ1) is 19.3. The maximum Gasteiger partial charge on any atom is 0.339 e. The SMILES string of the molecule is CCCCCCCCCCCC(=O)OC1CC(=O)c2nc3c(nc2-c2ccccc2C(=O)OC1(C)C)CCCC3. The Hall–Kier alpha value is -3.09. The summed E-state index contributed by atoms with van der Waals surface area (Å²) in [5.41, 5.74) is 1.99. The van der Waals surface area contributed by atoms with E-state index in [1.54, 1.807) is 32.0 Å². The lowest BCUT2D eigenvalue weighted by Gasteiger charge is -2.34. The predicted molar refractivity (Wildman–Crippen MR) is 154 cm³/mol. The molecule has 1 aromatic heterocycles. The van der Waals surface area contributed by atoms with Crippen molar-refractivity contribution in [2.24, 2.45) is 0 Å². The molecular formula is C33H44N2O5. The van der Waals surface area contributed by atoms with Crippen LogP contribution in [0.15, 0.2) is 24.3 Å². The summed E-state index contributed by atoms with van der Waals surface area (Å²) in [7, 11) is 0. The number of Topliss-reactive ketones (excluding diaryl/α,β-unsaturated/α-hetero) is 1. The van der Waals surface area contributed by atoms with Crippen LogP contribution in [0.3, 0.4) is 0 Å². The summed E-state index contributed by atoms with van der Waals surface area (Å²) in [5.74, 6) is -1.18. The van der Waals surface area contributed by atoms with Crippen molar-refractivity contribution in [2.45, 2.75) is 129 Å². The molecule has 0 saturated heterocycles. The Morgan fingerprint density at radius 2 is 1.45 bits per heavy atom.